The van der Waals surface area contributed by atoms with Crippen molar-refractivity contribution in [2.24, 2.45) is 10.7 Å². The van der Waals surface area contributed by atoms with E-state index < -0.39 is 5.91 Å². The van der Waals surface area contributed by atoms with Crippen LogP contribution in [0, 0.1) is 0 Å². The van der Waals surface area contributed by atoms with Gasteiger partial charge in [0, 0.05) is 18.0 Å². The van der Waals surface area contributed by atoms with Crippen molar-refractivity contribution in [1.29, 1.82) is 0 Å². The molecule has 0 unspecified atom stereocenters. The van der Waals surface area contributed by atoms with Gasteiger partial charge in [-0.15, -0.1) is 0 Å². The first-order valence-corrected chi connectivity index (χ1v) is 7.41. The lowest BCUT2D eigenvalue weighted by molar-refractivity contribution is 0.100. The number of aliphatic imine (C=N–C) groups is 1. The van der Waals surface area contributed by atoms with Crippen LogP contribution in [-0.4, -0.2) is 34.4 Å². The number of hydrogen-bond donors (Lipinski definition) is 3. The zero-order valence-corrected chi connectivity index (χ0v) is 13.4. The van der Waals surface area contributed by atoms with Gasteiger partial charge in [-0.3, -0.25) is 14.9 Å². The number of anilines is 2. The Balaban J connectivity index is 1.92. The van der Waals surface area contributed by atoms with Crippen LogP contribution in [0.15, 0.2) is 53.8 Å². The summed E-state index contributed by atoms with van der Waals surface area (Å²) in [6.07, 6.45) is 4.83. The van der Waals surface area contributed by atoms with Crippen molar-refractivity contribution in [2.75, 3.05) is 12.4 Å². The van der Waals surface area contributed by atoms with E-state index >= 15 is 0 Å². The Kier molecular flexibility index (Phi) is 4.70. The van der Waals surface area contributed by atoms with Gasteiger partial charge in [0.15, 0.2) is 11.6 Å². The van der Waals surface area contributed by atoms with E-state index in [0.717, 1.165) is 5.56 Å². The fraction of sp³-hybridized carbons (Fsp3) is 0.0588. The Morgan fingerprint density at radius 3 is 2.88 bits per heavy atom. The predicted octanol–water partition coefficient (Wildman–Crippen LogP) is 2.41. The molecule has 0 aliphatic rings. The minimum atomic E-state index is -0.646. The lowest BCUT2D eigenvalue weighted by atomic mass is 10.2. The topological polar surface area (TPSA) is 118 Å². The maximum Gasteiger partial charge on any atom is 0.256 e. The number of primary amides is 1. The summed E-state index contributed by atoms with van der Waals surface area (Å²) in [6.45, 7) is 0. The number of para-hydroxylation sites is 1. The molecule has 0 atom stereocenters. The molecule has 0 fully saturated rings. The molecule has 0 bridgehead atoms. The Labute approximate surface area is 143 Å². The second-order valence-corrected chi connectivity index (χ2v) is 5.03. The average molecular weight is 336 g/mol. The van der Waals surface area contributed by atoms with Crippen molar-refractivity contribution in [2.45, 2.75) is 0 Å². The molecule has 1 aromatic carbocycles. The number of nitrogens with two attached hydrogens (primary N) is 1. The molecule has 8 nitrogen and oxygen atoms in total. The fourth-order valence-electron chi connectivity index (χ4n) is 2.23. The molecule has 0 aliphatic carbocycles. The van der Waals surface area contributed by atoms with Crippen molar-refractivity contribution >= 4 is 29.4 Å². The van der Waals surface area contributed by atoms with Gasteiger partial charge in [-0.25, -0.2) is 4.99 Å². The maximum absolute atomic E-state index is 11.8. The summed E-state index contributed by atoms with van der Waals surface area (Å²) in [5.41, 5.74) is 7.09. The van der Waals surface area contributed by atoms with Gasteiger partial charge in [0.1, 0.15) is 11.3 Å². The number of aromatic amines is 1. The standard InChI is InChI=1S/C17H16N6O2/c1-25-13-7-3-2-5-11(13)9-20-16-14(15(18)24)17(23-22-16)21-12-6-4-8-19-10-12/h2-10H,1H3,(H2,18,24)(H2,21,22,23). The van der Waals surface area contributed by atoms with Crippen LogP contribution in [0.1, 0.15) is 15.9 Å². The van der Waals surface area contributed by atoms with Crippen LogP contribution in [0.3, 0.4) is 0 Å². The first-order valence-electron chi connectivity index (χ1n) is 7.41. The van der Waals surface area contributed by atoms with Gasteiger partial charge in [-0.2, -0.15) is 5.10 Å². The molecule has 0 spiro atoms. The van der Waals surface area contributed by atoms with Gasteiger partial charge in [-0.1, -0.05) is 12.1 Å². The SMILES string of the molecule is COc1ccccc1C=Nc1[nH]nc(Nc2cccnc2)c1C(N)=O. The molecule has 4 N–H and O–H groups in total. The third-order valence-electron chi connectivity index (χ3n) is 3.39. The first kappa shape index (κ1) is 16.2. The smallest absolute Gasteiger partial charge is 0.256 e. The highest BCUT2D eigenvalue weighted by Gasteiger charge is 2.18. The summed E-state index contributed by atoms with van der Waals surface area (Å²) in [6, 6.07) is 10.9. The average Bonchev–Trinajstić information content (AvgIpc) is 3.03. The summed E-state index contributed by atoms with van der Waals surface area (Å²) >= 11 is 0. The normalized spacial score (nSPS) is 10.8. The van der Waals surface area contributed by atoms with E-state index in [2.05, 4.69) is 25.5 Å². The number of carbonyl (C=O) groups is 1. The number of aromatic nitrogens is 3. The van der Waals surface area contributed by atoms with Crippen LogP contribution >= 0.6 is 0 Å². The van der Waals surface area contributed by atoms with Gasteiger partial charge in [0.25, 0.3) is 5.91 Å². The molecule has 1 amide bonds. The van der Waals surface area contributed by atoms with Crippen molar-refractivity contribution in [1.82, 2.24) is 15.2 Å². The van der Waals surface area contributed by atoms with E-state index in [4.69, 9.17) is 10.5 Å². The molecule has 2 heterocycles. The first-order chi connectivity index (χ1) is 12.2. The highest BCUT2D eigenvalue weighted by atomic mass is 16.5. The molecule has 2 aromatic heterocycles. The quantitative estimate of drug-likeness (QED) is 0.597. The van der Waals surface area contributed by atoms with E-state index in [1.807, 2.05) is 24.3 Å². The van der Waals surface area contributed by atoms with Crippen molar-refractivity contribution < 1.29 is 9.53 Å². The van der Waals surface area contributed by atoms with Gasteiger partial charge >= 0.3 is 0 Å². The van der Waals surface area contributed by atoms with Gasteiger partial charge in [0.05, 0.1) is 19.0 Å². The van der Waals surface area contributed by atoms with E-state index in [-0.39, 0.29) is 17.2 Å². The predicted molar refractivity (Wildman–Crippen MR) is 94.9 cm³/mol. The molecule has 25 heavy (non-hydrogen) atoms. The number of amides is 1. The molecule has 0 saturated carbocycles. The molecule has 0 aliphatic heterocycles. The number of hydrogen-bond acceptors (Lipinski definition) is 6. The molecule has 0 saturated heterocycles. The number of H-pyrrole nitrogens is 1. The second-order valence-electron chi connectivity index (χ2n) is 5.03. The molecular weight excluding hydrogens is 320 g/mol. The number of ether oxygens (including phenoxy) is 1. The van der Waals surface area contributed by atoms with Crippen LogP contribution in [-0.2, 0) is 0 Å². The second kappa shape index (κ2) is 7.26. The van der Waals surface area contributed by atoms with Crippen LogP contribution in [0.4, 0.5) is 17.3 Å². The Morgan fingerprint density at radius 1 is 1.32 bits per heavy atom. The summed E-state index contributed by atoms with van der Waals surface area (Å²) in [4.78, 5) is 20.1. The monoisotopic (exact) mass is 336 g/mol. The largest absolute Gasteiger partial charge is 0.496 e. The zero-order chi connectivity index (χ0) is 17.6. The van der Waals surface area contributed by atoms with Gasteiger partial charge < -0.3 is 15.8 Å². The lowest BCUT2D eigenvalue weighted by Crippen LogP contribution is -2.12. The minimum absolute atomic E-state index is 0.162. The zero-order valence-electron chi connectivity index (χ0n) is 13.4. The van der Waals surface area contributed by atoms with Gasteiger partial charge in [-0.05, 0) is 24.3 Å². The lowest BCUT2D eigenvalue weighted by Gasteiger charge is -2.04. The van der Waals surface area contributed by atoms with Crippen LogP contribution in [0.5, 0.6) is 5.75 Å². The number of pyridine rings is 1. The molecule has 126 valence electrons. The minimum Gasteiger partial charge on any atom is -0.496 e. The number of benzene rings is 1. The Bertz CT molecular complexity index is 905. The molecule has 0 radical (unpaired) electrons. The van der Waals surface area contributed by atoms with Crippen LogP contribution in [0.25, 0.3) is 0 Å². The number of rotatable bonds is 6. The van der Waals surface area contributed by atoms with E-state index in [1.165, 1.54) is 0 Å². The summed E-state index contributed by atoms with van der Waals surface area (Å²) in [5.74, 6) is 0.560. The number of methoxy groups -OCH3 is 1. The van der Waals surface area contributed by atoms with Gasteiger partial charge in [0.2, 0.25) is 0 Å². The summed E-state index contributed by atoms with van der Waals surface area (Å²) < 4.78 is 5.27. The third-order valence-corrected chi connectivity index (χ3v) is 3.39. The van der Waals surface area contributed by atoms with E-state index in [0.29, 0.717) is 11.4 Å². The number of nitrogens with one attached hydrogen (secondary N) is 2. The Morgan fingerprint density at radius 2 is 2.16 bits per heavy atom. The highest BCUT2D eigenvalue weighted by Crippen LogP contribution is 2.26. The van der Waals surface area contributed by atoms with Crippen LogP contribution in [0.2, 0.25) is 0 Å². The summed E-state index contributed by atoms with van der Waals surface area (Å²) in [7, 11) is 1.58. The fourth-order valence-corrected chi connectivity index (χ4v) is 2.23. The van der Waals surface area contributed by atoms with Crippen LogP contribution < -0.4 is 15.8 Å². The highest BCUT2D eigenvalue weighted by molar-refractivity contribution is 6.03. The number of nitrogens with zero attached hydrogens (tertiary/aromatic N) is 3. The molecule has 3 rings (SSSR count). The van der Waals surface area contributed by atoms with E-state index in [9.17, 15) is 4.79 Å². The molecule has 8 heteroatoms. The third kappa shape index (κ3) is 3.63. The Hall–Kier alpha value is -3.68. The van der Waals surface area contributed by atoms with Crippen molar-refractivity contribution in [3.63, 3.8) is 0 Å². The van der Waals surface area contributed by atoms with E-state index in [1.54, 1.807) is 37.9 Å². The molecule has 3 aromatic rings. The maximum atomic E-state index is 11.8. The van der Waals surface area contributed by atoms with Crippen molar-refractivity contribution in [3.05, 3.63) is 59.9 Å². The summed E-state index contributed by atoms with van der Waals surface area (Å²) in [5, 5.41) is 9.78. The molecular formula is C17H16N6O2. The number of carbonyl (C=O) groups excluding carboxylic acids is 1. The van der Waals surface area contributed by atoms with Crippen molar-refractivity contribution in [3.8, 4) is 5.75 Å².